The molecule has 0 radical (unpaired) electrons. The third-order valence-corrected chi connectivity index (χ3v) is 4.36. The zero-order valence-corrected chi connectivity index (χ0v) is 18.6. The van der Waals surface area contributed by atoms with E-state index >= 15 is 0 Å². The van der Waals surface area contributed by atoms with Crippen LogP contribution in [0.25, 0.3) is 0 Å². The molecule has 0 saturated carbocycles. The van der Waals surface area contributed by atoms with Gasteiger partial charge in [0.25, 0.3) is 0 Å². The zero-order chi connectivity index (χ0) is 18.4. The van der Waals surface area contributed by atoms with Crippen LogP contribution in [0.3, 0.4) is 0 Å². The fourth-order valence-electron chi connectivity index (χ4n) is 3.16. The van der Waals surface area contributed by atoms with Crippen LogP contribution in [0.15, 0.2) is 29.3 Å². The second kappa shape index (κ2) is 10.6. The summed E-state index contributed by atoms with van der Waals surface area (Å²) in [6, 6.07) is 8.75. The standard InChI is InChI=1S/C19H28N6O.HI/c1-4-20-19(21-11-15-7-5-6-14(2)10-15)22-16-8-9-18-23-17(13-26-3)24-25(18)12-16;/h5-7,10,16H,4,8-9,11-13H2,1-3H3,(H2,20,21,22);1H. The van der Waals surface area contributed by atoms with Crippen molar-refractivity contribution in [2.24, 2.45) is 4.99 Å². The van der Waals surface area contributed by atoms with Gasteiger partial charge >= 0.3 is 0 Å². The summed E-state index contributed by atoms with van der Waals surface area (Å²) in [6.45, 7) is 6.93. The van der Waals surface area contributed by atoms with E-state index in [2.05, 4.69) is 58.8 Å². The van der Waals surface area contributed by atoms with Gasteiger partial charge in [-0.15, -0.1) is 24.0 Å². The summed E-state index contributed by atoms with van der Waals surface area (Å²) < 4.78 is 7.11. The average Bonchev–Trinajstić information content (AvgIpc) is 3.02. The van der Waals surface area contributed by atoms with Crippen molar-refractivity contribution in [2.45, 2.75) is 52.4 Å². The van der Waals surface area contributed by atoms with Gasteiger partial charge in [0.1, 0.15) is 12.4 Å². The van der Waals surface area contributed by atoms with E-state index in [1.807, 2.05) is 4.68 Å². The minimum Gasteiger partial charge on any atom is -0.377 e. The Morgan fingerprint density at radius 1 is 1.41 bits per heavy atom. The summed E-state index contributed by atoms with van der Waals surface area (Å²) in [5.41, 5.74) is 2.47. The highest BCUT2D eigenvalue weighted by Gasteiger charge is 2.22. The smallest absolute Gasteiger partial charge is 0.191 e. The van der Waals surface area contributed by atoms with Gasteiger partial charge in [-0.3, -0.25) is 0 Å². The van der Waals surface area contributed by atoms with E-state index in [0.717, 1.165) is 43.5 Å². The van der Waals surface area contributed by atoms with Gasteiger partial charge in [0.05, 0.1) is 13.1 Å². The molecule has 0 bridgehead atoms. The lowest BCUT2D eigenvalue weighted by atomic mass is 10.1. The van der Waals surface area contributed by atoms with E-state index in [1.165, 1.54) is 11.1 Å². The first kappa shape index (κ1) is 21.6. The maximum Gasteiger partial charge on any atom is 0.191 e. The number of aryl methyl sites for hydroxylation is 2. The van der Waals surface area contributed by atoms with Crippen LogP contribution in [0.1, 0.15) is 36.1 Å². The molecule has 8 heteroatoms. The number of nitrogens with zero attached hydrogens (tertiary/aromatic N) is 4. The molecule has 2 N–H and O–H groups in total. The van der Waals surface area contributed by atoms with Crippen molar-refractivity contribution < 1.29 is 4.74 Å². The number of guanidine groups is 1. The summed E-state index contributed by atoms with van der Waals surface area (Å²) in [6.07, 6.45) is 1.92. The van der Waals surface area contributed by atoms with Crippen LogP contribution < -0.4 is 10.6 Å². The Bertz CT molecular complexity index is 760. The number of fused-ring (bicyclic) bond motifs is 1. The Labute approximate surface area is 178 Å². The number of aromatic nitrogens is 3. The Balaban J connectivity index is 0.00000261. The van der Waals surface area contributed by atoms with Crippen molar-refractivity contribution in [3.8, 4) is 0 Å². The number of halogens is 1. The molecule has 2 heterocycles. The van der Waals surface area contributed by atoms with Gasteiger partial charge in [0.15, 0.2) is 11.8 Å². The largest absolute Gasteiger partial charge is 0.377 e. The monoisotopic (exact) mass is 484 g/mol. The van der Waals surface area contributed by atoms with Crippen molar-refractivity contribution in [3.63, 3.8) is 0 Å². The lowest BCUT2D eigenvalue weighted by Crippen LogP contribution is -2.47. The molecule has 2 aromatic rings. The second-order valence-corrected chi connectivity index (χ2v) is 6.62. The van der Waals surface area contributed by atoms with Gasteiger partial charge in [-0.25, -0.2) is 14.7 Å². The molecule has 0 aliphatic carbocycles. The first-order chi connectivity index (χ1) is 12.7. The molecular formula is C19H29IN6O. The van der Waals surface area contributed by atoms with Crippen LogP contribution in [-0.4, -0.2) is 40.4 Å². The molecular weight excluding hydrogens is 455 g/mol. The lowest BCUT2D eigenvalue weighted by Gasteiger charge is -2.25. The number of rotatable bonds is 6. The molecule has 27 heavy (non-hydrogen) atoms. The summed E-state index contributed by atoms with van der Waals surface area (Å²) in [4.78, 5) is 9.27. The highest BCUT2D eigenvalue weighted by atomic mass is 127. The molecule has 0 fully saturated rings. The number of benzene rings is 1. The third-order valence-electron chi connectivity index (χ3n) is 4.36. The van der Waals surface area contributed by atoms with Crippen molar-refractivity contribution in [1.82, 2.24) is 25.4 Å². The Hall–Kier alpha value is -1.68. The van der Waals surface area contributed by atoms with Gasteiger partial charge in [-0.1, -0.05) is 29.8 Å². The number of hydrogen-bond donors (Lipinski definition) is 2. The minimum absolute atomic E-state index is 0. The molecule has 0 saturated heterocycles. The van der Waals surface area contributed by atoms with Crippen LogP contribution in [0, 0.1) is 6.92 Å². The number of ether oxygens (including phenoxy) is 1. The molecule has 1 aliphatic heterocycles. The number of methoxy groups -OCH3 is 1. The molecule has 1 aromatic heterocycles. The molecule has 1 aliphatic rings. The fourth-order valence-corrected chi connectivity index (χ4v) is 3.16. The number of hydrogen-bond acceptors (Lipinski definition) is 4. The Morgan fingerprint density at radius 2 is 2.26 bits per heavy atom. The highest BCUT2D eigenvalue weighted by molar-refractivity contribution is 14.0. The fraction of sp³-hybridized carbons (Fsp3) is 0.526. The first-order valence-corrected chi connectivity index (χ1v) is 9.20. The van der Waals surface area contributed by atoms with Crippen LogP contribution in [-0.2, 0) is 30.9 Å². The summed E-state index contributed by atoms with van der Waals surface area (Å²) in [5.74, 6) is 2.64. The molecule has 1 unspecified atom stereocenters. The predicted octanol–water partition coefficient (Wildman–Crippen LogP) is 2.42. The molecule has 0 amide bonds. The highest BCUT2D eigenvalue weighted by Crippen LogP contribution is 2.13. The summed E-state index contributed by atoms with van der Waals surface area (Å²) in [7, 11) is 1.66. The topological polar surface area (TPSA) is 76.4 Å². The van der Waals surface area contributed by atoms with Crippen molar-refractivity contribution in [2.75, 3.05) is 13.7 Å². The lowest BCUT2D eigenvalue weighted by molar-refractivity contribution is 0.177. The minimum atomic E-state index is 0. The van der Waals surface area contributed by atoms with Gasteiger partial charge < -0.3 is 15.4 Å². The number of aliphatic imine (C=N–C) groups is 1. The Morgan fingerprint density at radius 3 is 3.00 bits per heavy atom. The van der Waals surface area contributed by atoms with Crippen LogP contribution >= 0.6 is 24.0 Å². The summed E-state index contributed by atoms with van der Waals surface area (Å²) in [5, 5.41) is 11.4. The van der Waals surface area contributed by atoms with Gasteiger partial charge in [0, 0.05) is 26.1 Å². The van der Waals surface area contributed by atoms with E-state index in [-0.39, 0.29) is 30.0 Å². The maximum absolute atomic E-state index is 5.13. The average molecular weight is 484 g/mol. The van der Waals surface area contributed by atoms with Crippen LogP contribution in [0.2, 0.25) is 0 Å². The Kier molecular flexibility index (Phi) is 8.49. The van der Waals surface area contributed by atoms with E-state index in [0.29, 0.717) is 13.2 Å². The van der Waals surface area contributed by atoms with Gasteiger partial charge in [0.2, 0.25) is 0 Å². The van der Waals surface area contributed by atoms with E-state index in [4.69, 9.17) is 9.73 Å². The summed E-state index contributed by atoms with van der Waals surface area (Å²) >= 11 is 0. The quantitative estimate of drug-likeness (QED) is 0.374. The predicted molar refractivity (Wildman–Crippen MR) is 117 cm³/mol. The van der Waals surface area contributed by atoms with E-state index in [1.54, 1.807) is 7.11 Å². The SMILES string of the molecule is CCNC(=NCc1cccc(C)c1)NC1CCc2nc(COC)nn2C1.I. The first-order valence-electron chi connectivity index (χ1n) is 9.20. The van der Waals surface area contributed by atoms with Crippen molar-refractivity contribution in [1.29, 1.82) is 0 Å². The van der Waals surface area contributed by atoms with E-state index in [9.17, 15) is 0 Å². The molecule has 7 nitrogen and oxygen atoms in total. The van der Waals surface area contributed by atoms with Gasteiger partial charge in [-0.2, -0.15) is 5.10 Å². The maximum atomic E-state index is 5.13. The van der Waals surface area contributed by atoms with E-state index < -0.39 is 0 Å². The van der Waals surface area contributed by atoms with Crippen molar-refractivity contribution in [3.05, 3.63) is 47.0 Å². The molecule has 1 aromatic carbocycles. The zero-order valence-electron chi connectivity index (χ0n) is 16.2. The third kappa shape index (κ3) is 6.17. The molecule has 148 valence electrons. The molecule has 1 atom stereocenters. The van der Waals surface area contributed by atoms with Gasteiger partial charge in [-0.05, 0) is 25.8 Å². The van der Waals surface area contributed by atoms with Crippen LogP contribution in [0.4, 0.5) is 0 Å². The molecule has 0 spiro atoms. The molecule has 3 rings (SSSR count). The second-order valence-electron chi connectivity index (χ2n) is 6.62. The van der Waals surface area contributed by atoms with Crippen molar-refractivity contribution >= 4 is 29.9 Å². The normalized spacial score (nSPS) is 16.4. The number of nitrogens with one attached hydrogen (secondary N) is 2. The van der Waals surface area contributed by atoms with Crippen LogP contribution in [0.5, 0.6) is 0 Å².